The van der Waals surface area contributed by atoms with Crippen molar-refractivity contribution in [3.63, 3.8) is 0 Å². The third kappa shape index (κ3) is 4.57. The number of hydrogen-bond donors (Lipinski definition) is 1. The zero-order valence-corrected chi connectivity index (χ0v) is 11.1. The van der Waals surface area contributed by atoms with Crippen molar-refractivity contribution in [3.05, 3.63) is 34.7 Å². The van der Waals surface area contributed by atoms with Gasteiger partial charge in [0.05, 0.1) is 5.92 Å². The van der Waals surface area contributed by atoms with Crippen LogP contribution in [-0.2, 0) is 16.1 Å². The van der Waals surface area contributed by atoms with Gasteiger partial charge in [-0.2, -0.15) is 0 Å². The number of rotatable bonds is 6. The number of carboxylic acid groups (broad SMARTS) is 1. The van der Waals surface area contributed by atoms with Crippen molar-refractivity contribution < 1.29 is 14.7 Å². The lowest BCUT2D eigenvalue weighted by molar-refractivity contribution is -0.142. The molecule has 1 N–H and O–H groups in total. The Labute approximate surface area is 111 Å². The van der Waals surface area contributed by atoms with Gasteiger partial charge < -0.3 is 14.6 Å². The third-order valence-electron chi connectivity index (χ3n) is 2.86. The van der Waals surface area contributed by atoms with Crippen LogP contribution in [0.1, 0.15) is 13.3 Å². The van der Waals surface area contributed by atoms with Gasteiger partial charge in [0, 0.05) is 38.8 Å². The zero-order valence-electron chi connectivity index (χ0n) is 11.1. The second-order valence-corrected chi connectivity index (χ2v) is 4.50. The molecule has 0 radical (unpaired) electrons. The van der Waals surface area contributed by atoms with Crippen LogP contribution in [0.5, 0.6) is 0 Å². The minimum absolute atomic E-state index is 0.156. The maximum absolute atomic E-state index is 11.8. The number of carbonyl (C=O) groups is 2. The van der Waals surface area contributed by atoms with Crippen LogP contribution in [0.15, 0.2) is 29.2 Å². The molecule has 0 bridgehead atoms. The first-order chi connectivity index (χ1) is 8.91. The molecule has 0 aromatic carbocycles. The number of aryl methyl sites for hydroxylation is 1. The Morgan fingerprint density at radius 1 is 1.42 bits per heavy atom. The molecule has 1 heterocycles. The van der Waals surface area contributed by atoms with E-state index in [4.69, 9.17) is 5.11 Å². The van der Waals surface area contributed by atoms with E-state index in [-0.39, 0.29) is 24.4 Å². The number of carbonyl (C=O) groups excluding carboxylic acids is 1. The molecular formula is C13H18N2O4. The Bertz CT molecular complexity index is 509. The summed E-state index contributed by atoms with van der Waals surface area (Å²) in [5.41, 5.74) is -0.156. The van der Waals surface area contributed by atoms with Crippen LogP contribution in [-0.4, -0.2) is 40.0 Å². The summed E-state index contributed by atoms with van der Waals surface area (Å²) < 4.78 is 1.45. The predicted octanol–water partition coefficient (Wildman–Crippen LogP) is 0.418. The molecule has 0 spiro atoms. The highest BCUT2D eigenvalue weighted by molar-refractivity contribution is 5.77. The molecule has 0 aliphatic rings. The molecule has 1 aromatic rings. The minimum atomic E-state index is -0.932. The summed E-state index contributed by atoms with van der Waals surface area (Å²) in [4.78, 5) is 35.3. The maximum Gasteiger partial charge on any atom is 0.308 e. The molecule has 0 aliphatic carbocycles. The van der Waals surface area contributed by atoms with Crippen LogP contribution >= 0.6 is 0 Å². The molecule has 0 saturated heterocycles. The number of aliphatic carboxylic acids is 1. The highest BCUT2D eigenvalue weighted by Crippen LogP contribution is 2.01. The van der Waals surface area contributed by atoms with Crippen molar-refractivity contribution in [1.82, 2.24) is 9.47 Å². The lowest BCUT2D eigenvalue weighted by atomic mass is 10.1. The van der Waals surface area contributed by atoms with Crippen LogP contribution < -0.4 is 5.56 Å². The molecule has 19 heavy (non-hydrogen) atoms. The summed E-state index contributed by atoms with van der Waals surface area (Å²) in [6.07, 6.45) is 1.79. The maximum atomic E-state index is 11.8. The Morgan fingerprint density at radius 2 is 2.11 bits per heavy atom. The molecule has 0 fully saturated rings. The Balaban J connectivity index is 2.49. The second kappa shape index (κ2) is 6.72. The van der Waals surface area contributed by atoms with Gasteiger partial charge in [-0.3, -0.25) is 14.4 Å². The first-order valence-electron chi connectivity index (χ1n) is 6.04. The molecule has 1 unspecified atom stereocenters. The molecule has 0 saturated carbocycles. The second-order valence-electron chi connectivity index (χ2n) is 4.50. The van der Waals surface area contributed by atoms with Crippen molar-refractivity contribution in [3.8, 4) is 0 Å². The molecule has 6 nitrogen and oxygen atoms in total. The van der Waals surface area contributed by atoms with E-state index in [0.29, 0.717) is 6.54 Å². The van der Waals surface area contributed by atoms with Crippen molar-refractivity contribution in [2.24, 2.45) is 5.92 Å². The van der Waals surface area contributed by atoms with Gasteiger partial charge in [0.2, 0.25) is 5.91 Å². The van der Waals surface area contributed by atoms with Crippen LogP contribution in [0.4, 0.5) is 0 Å². The van der Waals surface area contributed by atoms with E-state index < -0.39 is 11.9 Å². The smallest absolute Gasteiger partial charge is 0.308 e. The number of aromatic nitrogens is 1. The average molecular weight is 266 g/mol. The summed E-state index contributed by atoms with van der Waals surface area (Å²) in [6, 6.07) is 4.80. The quantitative estimate of drug-likeness (QED) is 0.809. The van der Waals surface area contributed by atoms with Gasteiger partial charge in [-0.05, 0) is 6.07 Å². The molecule has 1 rings (SSSR count). The highest BCUT2D eigenvalue weighted by atomic mass is 16.4. The Morgan fingerprint density at radius 3 is 2.68 bits per heavy atom. The number of nitrogens with zero attached hydrogens (tertiary/aromatic N) is 2. The largest absolute Gasteiger partial charge is 0.481 e. The molecule has 1 atom stereocenters. The lowest BCUT2D eigenvalue weighted by Gasteiger charge is -2.19. The zero-order chi connectivity index (χ0) is 14.4. The monoisotopic (exact) mass is 266 g/mol. The van der Waals surface area contributed by atoms with Crippen LogP contribution in [0, 0.1) is 5.92 Å². The van der Waals surface area contributed by atoms with Gasteiger partial charge in [-0.25, -0.2) is 0 Å². The molecule has 1 amide bonds. The molecule has 0 aliphatic heterocycles. The summed E-state index contributed by atoms with van der Waals surface area (Å²) in [5.74, 6) is -1.71. The van der Waals surface area contributed by atoms with E-state index in [0.717, 1.165) is 0 Å². The number of pyridine rings is 1. The predicted molar refractivity (Wildman–Crippen MR) is 69.8 cm³/mol. The molecule has 1 aromatic heterocycles. The normalized spacial score (nSPS) is 11.9. The van der Waals surface area contributed by atoms with E-state index in [1.54, 1.807) is 32.3 Å². The fraction of sp³-hybridized carbons (Fsp3) is 0.462. The Kier molecular flexibility index (Phi) is 5.29. The van der Waals surface area contributed by atoms with E-state index in [1.165, 1.54) is 15.5 Å². The third-order valence-corrected chi connectivity index (χ3v) is 2.86. The standard InChI is InChI=1S/C13H18N2O4/c1-10(13(18)19)9-14(2)11(16)6-8-15-7-4-3-5-12(15)17/h3-5,7,10H,6,8-9H2,1-2H3,(H,18,19). The SMILES string of the molecule is CC(CN(C)C(=O)CCn1ccccc1=O)C(=O)O. The summed E-state index contributed by atoms with van der Waals surface area (Å²) in [7, 11) is 1.57. The van der Waals surface area contributed by atoms with Gasteiger partial charge in [-0.1, -0.05) is 13.0 Å². The van der Waals surface area contributed by atoms with E-state index in [2.05, 4.69) is 0 Å². The van der Waals surface area contributed by atoms with Crippen molar-refractivity contribution >= 4 is 11.9 Å². The van der Waals surface area contributed by atoms with E-state index in [1.807, 2.05) is 0 Å². The number of amides is 1. The van der Waals surface area contributed by atoms with Gasteiger partial charge in [-0.15, -0.1) is 0 Å². The van der Waals surface area contributed by atoms with Gasteiger partial charge in [0.25, 0.3) is 5.56 Å². The fourth-order valence-electron chi connectivity index (χ4n) is 1.64. The number of hydrogen-bond acceptors (Lipinski definition) is 3. The van der Waals surface area contributed by atoms with Crippen LogP contribution in [0.2, 0.25) is 0 Å². The van der Waals surface area contributed by atoms with Crippen molar-refractivity contribution in [2.45, 2.75) is 19.9 Å². The highest BCUT2D eigenvalue weighted by Gasteiger charge is 2.17. The van der Waals surface area contributed by atoms with Crippen molar-refractivity contribution in [2.75, 3.05) is 13.6 Å². The molecule has 104 valence electrons. The number of carboxylic acids is 1. The fourth-order valence-corrected chi connectivity index (χ4v) is 1.64. The van der Waals surface area contributed by atoms with Crippen LogP contribution in [0.25, 0.3) is 0 Å². The Hall–Kier alpha value is -2.11. The summed E-state index contributed by atoms with van der Waals surface area (Å²) in [5, 5.41) is 8.77. The molecule has 6 heteroatoms. The van der Waals surface area contributed by atoms with E-state index in [9.17, 15) is 14.4 Å². The minimum Gasteiger partial charge on any atom is -0.481 e. The summed E-state index contributed by atoms with van der Waals surface area (Å²) >= 11 is 0. The van der Waals surface area contributed by atoms with Gasteiger partial charge in [0.15, 0.2) is 0 Å². The first kappa shape index (κ1) is 14.9. The van der Waals surface area contributed by atoms with Gasteiger partial charge in [0.1, 0.15) is 0 Å². The molecular weight excluding hydrogens is 248 g/mol. The van der Waals surface area contributed by atoms with E-state index >= 15 is 0 Å². The topological polar surface area (TPSA) is 79.6 Å². The average Bonchev–Trinajstić information content (AvgIpc) is 2.37. The van der Waals surface area contributed by atoms with Crippen LogP contribution in [0.3, 0.4) is 0 Å². The summed E-state index contributed by atoms with van der Waals surface area (Å²) in [6.45, 7) is 2.01. The van der Waals surface area contributed by atoms with Crippen molar-refractivity contribution in [1.29, 1.82) is 0 Å². The first-order valence-corrected chi connectivity index (χ1v) is 6.04. The van der Waals surface area contributed by atoms with Gasteiger partial charge >= 0.3 is 5.97 Å². The lowest BCUT2D eigenvalue weighted by Crippen LogP contribution is -2.34.